The summed E-state index contributed by atoms with van der Waals surface area (Å²) < 4.78 is 11.0. The van der Waals surface area contributed by atoms with Gasteiger partial charge in [-0.05, 0) is 36.6 Å². The van der Waals surface area contributed by atoms with Crippen molar-refractivity contribution < 1.29 is 9.47 Å². The third-order valence-electron chi connectivity index (χ3n) is 3.57. The van der Waals surface area contributed by atoms with Crippen LogP contribution in [-0.2, 0) is 0 Å². The minimum absolute atomic E-state index is 0.677. The Morgan fingerprint density at radius 1 is 1.00 bits per heavy atom. The minimum atomic E-state index is 0.677. The Kier molecular flexibility index (Phi) is 3.90. The van der Waals surface area contributed by atoms with Crippen LogP contribution in [0.25, 0.3) is 22.0 Å². The van der Waals surface area contributed by atoms with Gasteiger partial charge in [0.1, 0.15) is 0 Å². The van der Waals surface area contributed by atoms with Crippen molar-refractivity contribution in [2.75, 3.05) is 14.2 Å². The first-order valence-corrected chi connectivity index (χ1v) is 7.30. The summed E-state index contributed by atoms with van der Waals surface area (Å²) >= 11 is 6.13. The Morgan fingerprint density at radius 3 is 2.50 bits per heavy atom. The zero-order valence-electron chi connectivity index (χ0n) is 12.7. The maximum absolute atomic E-state index is 6.13. The maximum atomic E-state index is 6.13. The summed E-state index contributed by atoms with van der Waals surface area (Å²) in [5.74, 6) is 1.37. The number of hydrogen-bond acceptors (Lipinski definition) is 3. The molecule has 0 aliphatic heterocycles. The fourth-order valence-corrected chi connectivity index (χ4v) is 2.83. The molecule has 0 aliphatic rings. The van der Waals surface area contributed by atoms with Gasteiger partial charge in [0, 0.05) is 16.3 Å². The van der Waals surface area contributed by atoms with Crippen molar-refractivity contribution in [3.63, 3.8) is 0 Å². The van der Waals surface area contributed by atoms with E-state index in [9.17, 15) is 0 Å². The summed E-state index contributed by atoms with van der Waals surface area (Å²) in [4.78, 5) is 4.70. The molecule has 22 heavy (non-hydrogen) atoms. The predicted molar refractivity (Wildman–Crippen MR) is 90.0 cm³/mol. The summed E-state index contributed by atoms with van der Waals surface area (Å²) in [6, 6.07) is 13.6. The van der Waals surface area contributed by atoms with Gasteiger partial charge in [0.25, 0.3) is 0 Å². The summed E-state index contributed by atoms with van der Waals surface area (Å²) in [6.45, 7) is 1.98. The van der Waals surface area contributed by atoms with E-state index in [0.717, 1.165) is 27.7 Å². The largest absolute Gasteiger partial charge is 0.493 e. The number of ether oxygens (including phenoxy) is 2. The lowest BCUT2D eigenvalue weighted by atomic mass is 10.0. The smallest absolute Gasteiger partial charge is 0.170 e. The normalized spacial score (nSPS) is 10.7. The second-order valence-electron chi connectivity index (χ2n) is 5.02. The number of methoxy groups -OCH3 is 2. The van der Waals surface area contributed by atoms with Gasteiger partial charge in [-0.2, -0.15) is 0 Å². The lowest BCUT2D eigenvalue weighted by Crippen LogP contribution is -1.96. The molecule has 0 radical (unpaired) electrons. The number of aromatic nitrogens is 1. The van der Waals surface area contributed by atoms with E-state index in [1.165, 1.54) is 0 Å². The zero-order chi connectivity index (χ0) is 15.7. The van der Waals surface area contributed by atoms with Crippen LogP contribution in [-0.4, -0.2) is 19.2 Å². The van der Waals surface area contributed by atoms with E-state index >= 15 is 0 Å². The van der Waals surface area contributed by atoms with Gasteiger partial charge < -0.3 is 9.47 Å². The van der Waals surface area contributed by atoms with Crippen LogP contribution < -0.4 is 9.47 Å². The van der Waals surface area contributed by atoms with Crippen molar-refractivity contribution in [2.24, 2.45) is 0 Å². The highest BCUT2D eigenvalue weighted by Crippen LogP contribution is 2.40. The Hall–Kier alpha value is -2.26. The van der Waals surface area contributed by atoms with E-state index < -0.39 is 0 Å². The number of benzene rings is 2. The number of pyridine rings is 1. The van der Waals surface area contributed by atoms with E-state index in [0.29, 0.717) is 16.5 Å². The highest BCUT2D eigenvalue weighted by Gasteiger charge is 2.16. The second-order valence-corrected chi connectivity index (χ2v) is 5.46. The van der Waals surface area contributed by atoms with Crippen molar-refractivity contribution in [3.8, 4) is 22.8 Å². The molecule has 0 N–H and O–H groups in total. The van der Waals surface area contributed by atoms with E-state index in [4.69, 9.17) is 26.1 Å². The molecule has 0 atom stereocenters. The number of rotatable bonds is 3. The minimum Gasteiger partial charge on any atom is -0.493 e. The van der Waals surface area contributed by atoms with Crippen LogP contribution in [0.1, 0.15) is 5.69 Å². The van der Waals surface area contributed by atoms with Gasteiger partial charge in [0.05, 0.1) is 25.3 Å². The van der Waals surface area contributed by atoms with E-state index in [1.54, 1.807) is 14.2 Å². The van der Waals surface area contributed by atoms with Crippen LogP contribution in [0.2, 0.25) is 5.02 Å². The number of nitrogens with zero attached hydrogens (tertiary/aromatic N) is 1. The molecule has 3 aromatic rings. The molecule has 0 amide bonds. The van der Waals surface area contributed by atoms with Crippen molar-refractivity contribution in [3.05, 3.63) is 53.2 Å². The van der Waals surface area contributed by atoms with Crippen LogP contribution in [0.3, 0.4) is 0 Å². The summed E-state index contributed by atoms with van der Waals surface area (Å²) in [5, 5.41) is 2.66. The monoisotopic (exact) mass is 313 g/mol. The van der Waals surface area contributed by atoms with Crippen LogP contribution >= 0.6 is 11.6 Å². The first-order valence-electron chi connectivity index (χ1n) is 6.92. The molecule has 112 valence electrons. The van der Waals surface area contributed by atoms with Crippen LogP contribution in [0, 0.1) is 6.92 Å². The van der Waals surface area contributed by atoms with Crippen molar-refractivity contribution in [1.82, 2.24) is 4.98 Å². The Labute approximate surface area is 134 Å². The lowest BCUT2D eigenvalue weighted by molar-refractivity contribution is 0.358. The molecule has 4 heteroatoms. The summed E-state index contributed by atoms with van der Waals surface area (Å²) in [7, 11) is 3.27. The van der Waals surface area contributed by atoms with Crippen molar-refractivity contribution in [2.45, 2.75) is 6.92 Å². The van der Waals surface area contributed by atoms with Crippen LogP contribution in [0.15, 0.2) is 42.5 Å². The molecule has 2 aromatic carbocycles. The van der Waals surface area contributed by atoms with E-state index in [2.05, 4.69) is 0 Å². The molecule has 3 rings (SSSR count). The number of hydrogen-bond donors (Lipinski definition) is 0. The van der Waals surface area contributed by atoms with Gasteiger partial charge in [0.15, 0.2) is 11.5 Å². The van der Waals surface area contributed by atoms with E-state index in [-0.39, 0.29) is 0 Å². The van der Waals surface area contributed by atoms with Crippen LogP contribution in [0.5, 0.6) is 11.5 Å². The number of aryl methyl sites for hydroxylation is 1. The van der Waals surface area contributed by atoms with Gasteiger partial charge in [-0.15, -0.1) is 0 Å². The topological polar surface area (TPSA) is 31.4 Å². The maximum Gasteiger partial charge on any atom is 0.170 e. The SMILES string of the molecule is COc1ccc2cc(C)nc(-c3cccc(Cl)c3)c2c1OC. The molecular weight excluding hydrogens is 298 g/mol. The van der Waals surface area contributed by atoms with Gasteiger partial charge in [-0.1, -0.05) is 29.8 Å². The quantitative estimate of drug-likeness (QED) is 0.690. The molecular formula is C18H16ClNO2. The van der Waals surface area contributed by atoms with Crippen LogP contribution in [0.4, 0.5) is 0 Å². The standard InChI is InChI=1S/C18H16ClNO2/c1-11-9-12-7-8-15(21-2)18(22-3)16(12)17(20-11)13-5-4-6-14(19)10-13/h4-10H,1-3H3. The van der Waals surface area contributed by atoms with Gasteiger partial charge in [-0.25, -0.2) is 0 Å². The highest BCUT2D eigenvalue weighted by atomic mass is 35.5. The fourth-order valence-electron chi connectivity index (χ4n) is 2.64. The second kappa shape index (κ2) is 5.85. The van der Waals surface area contributed by atoms with Crippen molar-refractivity contribution in [1.29, 1.82) is 0 Å². The summed E-state index contributed by atoms with van der Waals surface area (Å²) in [6.07, 6.45) is 0. The number of halogens is 1. The Bertz CT molecular complexity index is 846. The molecule has 0 fully saturated rings. The highest BCUT2D eigenvalue weighted by molar-refractivity contribution is 6.30. The lowest BCUT2D eigenvalue weighted by Gasteiger charge is -2.14. The van der Waals surface area contributed by atoms with Crippen molar-refractivity contribution >= 4 is 22.4 Å². The molecule has 1 heterocycles. The van der Waals surface area contributed by atoms with Gasteiger partial charge >= 0.3 is 0 Å². The first kappa shape index (κ1) is 14.7. The first-order chi connectivity index (χ1) is 10.6. The molecule has 1 aromatic heterocycles. The third-order valence-corrected chi connectivity index (χ3v) is 3.80. The average molecular weight is 314 g/mol. The molecule has 0 unspecified atom stereocenters. The molecule has 0 spiro atoms. The number of fused-ring (bicyclic) bond motifs is 1. The molecule has 0 saturated heterocycles. The average Bonchev–Trinajstić information content (AvgIpc) is 2.52. The van der Waals surface area contributed by atoms with Gasteiger partial charge in [-0.3, -0.25) is 4.98 Å². The summed E-state index contributed by atoms with van der Waals surface area (Å²) in [5.41, 5.74) is 2.73. The fraction of sp³-hybridized carbons (Fsp3) is 0.167. The Morgan fingerprint density at radius 2 is 1.82 bits per heavy atom. The Balaban J connectivity index is 2.42. The predicted octanol–water partition coefficient (Wildman–Crippen LogP) is 4.88. The molecule has 3 nitrogen and oxygen atoms in total. The zero-order valence-corrected chi connectivity index (χ0v) is 13.4. The van der Waals surface area contributed by atoms with E-state index in [1.807, 2.05) is 49.4 Å². The molecule has 0 aliphatic carbocycles. The molecule has 0 saturated carbocycles. The molecule has 0 bridgehead atoms. The van der Waals surface area contributed by atoms with Gasteiger partial charge in [0.2, 0.25) is 0 Å². The third kappa shape index (κ3) is 2.48.